The van der Waals surface area contributed by atoms with Crippen molar-refractivity contribution in [2.24, 2.45) is 11.7 Å². The fraction of sp³-hybridized carbons (Fsp3) is 0.529. The molecule has 132 valence electrons. The first-order valence-electron chi connectivity index (χ1n) is 8.53. The first kappa shape index (κ1) is 17.0. The third kappa shape index (κ3) is 3.82. The molecule has 2 aliphatic rings. The minimum Gasteiger partial charge on any atom is -0.353 e. The van der Waals surface area contributed by atoms with Gasteiger partial charge in [-0.15, -0.1) is 0 Å². The number of hydrogen-bond acceptors (Lipinski definition) is 5. The van der Waals surface area contributed by atoms with Crippen LogP contribution in [0.4, 0.5) is 10.6 Å². The van der Waals surface area contributed by atoms with E-state index in [1.54, 1.807) is 23.2 Å². The van der Waals surface area contributed by atoms with Crippen molar-refractivity contribution >= 4 is 17.8 Å². The summed E-state index contributed by atoms with van der Waals surface area (Å²) in [4.78, 5) is 33.9. The summed E-state index contributed by atoms with van der Waals surface area (Å²) in [7, 11) is 0. The number of likely N-dealkylation sites (tertiary alicyclic amines) is 1. The highest BCUT2D eigenvalue weighted by Gasteiger charge is 2.32. The summed E-state index contributed by atoms with van der Waals surface area (Å²) < 4.78 is 0. The molecule has 0 saturated carbocycles. The van der Waals surface area contributed by atoms with Crippen molar-refractivity contribution in [3.8, 4) is 6.07 Å². The number of piperazine rings is 1. The second kappa shape index (κ2) is 7.38. The molecule has 0 unspecified atom stereocenters. The Bertz CT molecular complexity index is 693. The first-order chi connectivity index (χ1) is 12.1. The Kier molecular flexibility index (Phi) is 5.03. The van der Waals surface area contributed by atoms with Gasteiger partial charge in [0.1, 0.15) is 5.82 Å². The van der Waals surface area contributed by atoms with E-state index in [1.165, 1.54) is 0 Å². The van der Waals surface area contributed by atoms with Crippen LogP contribution in [0.3, 0.4) is 0 Å². The molecule has 25 heavy (non-hydrogen) atoms. The SMILES string of the molecule is N#Cc1ccnc(N2CCN(C(=O)[C@H]3CCCN(C(N)=O)C3)CC2)c1. The molecule has 3 amide bonds. The van der Waals surface area contributed by atoms with Gasteiger partial charge in [-0.2, -0.15) is 5.26 Å². The van der Waals surface area contributed by atoms with E-state index in [0.29, 0.717) is 44.8 Å². The Morgan fingerprint density at radius 2 is 1.96 bits per heavy atom. The largest absolute Gasteiger partial charge is 0.353 e. The molecule has 3 rings (SSSR count). The maximum Gasteiger partial charge on any atom is 0.314 e. The maximum absolute atomic E-state index is 12.7. The van der Waals surface area contributed by atoms with Crippen molar-refractivity contribution in [3.63, 3.8) is 0 Å². The highest BCUT2D eigenvalue weighted by Crippen LogP contribution is 2.21. The van der Waals surface area contributed by atoms with E-state index in [9.17, 15) is 9.59 Å². The van der Waals surface area contributed by atoms with E-state index in [-0.39, 0.29) is 11.8 Å². The summed E-state index contributed by atoms with van der Waals surface area (Å²) in [5, 5.41) is 8.99. The van der Waals surface area contributed by atoms with Crippen LogP contribution in [0.25, 0.3) is 0 Å². The maximum atomic E-state index is 12.7. The lowest BCUT2D eigenvalue weighted by Gasteiger charge is -2.39. The molecule has 0 radical (unpaired) electrons. The van der Waals surface area contributed by atoms with E-state index in [4.69, 9.17) is 11.0 Å². The van der Waals surface area contributed by atoms with Gasteiger partial charge in [0, 0.05) is 45.5 Å². The molecule has 1 aromatic rings. The van der Waals surface area contributed by atoms with Gasteiger partial charge in [0.25, 0.3) is 0 Å². The molecule has 1 aromatic heterocycles. The summed E-state index contributed by atoms with van der Waals surface area (Å²) in [5.74, 6) is 0.709. The summed E-state index contributed by atoms with van der Waals surface area (Å²) in [6, 6.07) is 5.11. The van der Waals surface area contributed by atoms with Gasteiger partial charge >= 0.3 is 6.03 Å². The van der Waals surface area contributed by atoms with Gasteiger partial charge in [0.2, 0.25) is 5.91 Å². The molecule has 1 atom stereocenters. The van der Waals surface area contributed by atoms with E-state index >= 15 is 0 Å². The lowest BCUT2D eigenvalue weighted by Crippen LogP contribution is -2.53. The highest BCUT2D eigenvalue weighted by atomic mass is 16.2. The zero-order valence-corrected chi connectivity index (χ0v) is 14.1. The number of hydrogen-bond donors (Lipinski definition) is 1. The van der Waals surface area contributed by atoms with Crippen molar-refractivity contribution < 1.29 is 9.59 Å². The highest BCUT2D eigenvalue weighted by molar-refractivity contribution is 5.81. The van der Waals surface area contributed by atoms with Crippen molar-refractivity contribution in [3.05, 3.63) is 23.9 Å². The molecule has 2 aliphatic heterocycles. The summed E-state index contributed by atoms with van der Waals surface area (Å²) in [6.45, 7) is 3.64. The third-order valence-corrected chi connectivity index (χ3v) is 4.87. The normalized spacial score (nSPS) is 20.9. The van der Waals surface area contributed by atoms with E-state index in [1.807, 2.05) is 4.90 Å². The minimum atomic E-state index is -0.453. The zero-order chi connectivity index (χ0) is 17.8. The molecule has 3 heterocycles. The summed E-state index contributed by atoms with van der Waals surface area (Å²) in [6.07, 6.45) is 3.24. The van der Waals surface area contributed by atoms with Gasteiger partial charge in [-0.05, 0) is 25.0 Å². The third-order valence-electron chi connectivity index (χ3n) is 4.87. The lowest BCUT2D eigenvalue weighted by molar-refractivity contribution is -0.137. The number of primary amides is 1. The van der Waals surface area contributed by atoms with Gasteiger partial charge in [-0.3, -0.25) is 4.79 Å². The van der Waals surface area contributed by atoms with Crippen LogP contribution < -0.4 is 10.6 Å². The molecule has 8 nitrogen and oxygen atoms in total. The van der Waals surface area contributed by atoms with Crippen LogP contribution in [0.1, 0.15) is 18.4 Å². The van der Waals surface area contributed by atoms with Crippen LogP contribution in [0.2, 0.25) is 0 Å². The number of pyridine rings is 1. The van der Waals surface area contributed by atoms with Crippen LogP contribution in [0.5, 0.6) is 0 Å². The molecule has 0 spiro atoms. The monoisotopic (exact) mass is 342 g/mol. The lowest BCUT2D eigenvalue weighted by atomic mass is 9.96. The second-order valence-electron chi connectivity index (χ2n) is 6.45. The Morgan fingerprint density at radius 1 is 1.20 bits per heavy atom. The molecule has 0 aromatic carbocycles. The number of amides is 3. The van der Waals surface area contributed by atoms with E-state index < -0.39 is 6.03 Å². The molecule has 2 N–H and O–H groups in total. The van der Waals surface area contributed by atoms with Crippen molar-refractivity contribution in [2.45, 2.75) is 12.8 Å². The standard InChI is InChI=1S/C17H22N6O2/c18-11-13-3-4-20-15(10-13)21-6-8-22(9-7-21)16(24)14-2-1-5-23(12-14)17(19)25/h3-4,10,14H,1-2,5-9,12H2,(H2,19,25)/t14-/m0/s1. The number of carbonyl (C=O) groups excluding carboxylic acids is 2. The first-order valence-corrected chi connectivity index (χ1v) is 8.53. The molecule has 2 saturated heterocycles. The van der Waals surface area contributed by atoms with Gasteiger partial charge in [0.15, 0.2) is 0 Å². The number of aromatic nitrogens is 1. The predicted molar refractivity (Wildman–Crippen MR) is 91.6 cm³/mol. The number of nitrogens with zero attached hydrogens (tertiary/aromatic N) is 5. The van der Waals surface area contributed by atoms with Gasteiger partial charge in [0.05, 0.1) is 17.6 Å². The van der Waals surface area contributed by atoms with Crippen LogP contribution in [0.15, 0.2) is 18.3 Å². The number of piperidine rings is 1. The van der Waals surface area contributed by atoms with Crippen LogP contribution in [-0.4, -0.2) is 66.0 Å². The van der Waals surface area contributed by atoms with Crippen molar-refractivity contribution in [2.75, 3.05) is 44.2 Å². The number of nitrogens with two attached hydrogens (primary N) is 1. The smallest absolute Gasteiger partial charge is 0.314 e. The fourth-order valence-corrected chi connectivity index (χ4v) is 3.45. The molecule has 0 bridgehead atoms. The number of carbonyl (C=O) groups is 2. The summed E-state index contributed by atoms with van der Waals surface area (Å²) >= 11 is 0. The van der Waals surface area contributed by atoms with E-state index in [0.717, 1.165) is 18.7 Å². The van der Waals surface area contributed by atoms with E-state index in [2.05, 4.69) is 16.0 Å². The number of urea groups is 1. The Hall–Kier alpha value is -2.82. The average molecular weight is 342 g/mol. The van der Waals surface area contributed by atoms with Crippen molar-refractivity contribution in [1.29, 1.82) is 5.26 Å². The van der Waals surface area contributed by atoms with Gasteiger partial charge in [-0.1, -0.05) is 0 Å². The Morgan fingerprint density at radius 3 is 2.64 bits per heavy atom. The predicted octanol–water partition coefficient (Wildman–Crippen LogP) is 0.393. The number of rotatable bonds is 2. The van der Waals surface area contributed by atoms with Gasteiger partial charge in [-0.25, -0.2) is 9.78 Å². The average Bonchev–Trinajstić information content (AvgIpc) is 2.67. The van der Waals surface area contributed by atoms with Crippen LogP contribution in [0, 0.1) is 17.2 Å². The zero-order valence-electron chi connectivity index (χ0n) is 14.1. The summed E-state index contributed by atoms with van der Waals surface area (Å²) in [5.41, 5.74) is 5.92. The second-order valence-corrected chi connectivity index (χ2v) is 6.45. The van der Waals surface area contributed by atoms with Crippen molar-refractivity contribution in [1.82, 2.24) is 14.8 Å². The molecular formula is C17H22N6O2. The number of nitriles is 1. The minimum absolute atomic E-state index is 0.101. The molecule has 2 fully saturated rings. The van der Waals surface area contributed by atoms with Gasteiger partial charge < -0.3 is 20.4 Å². The molecular weight excluding hydrogens is 320 g/mol. The topological polar surface area (TPSA) is 107 Å². The van der Waals surface area contributed by atoms with Crippen LogP contribution in [-0.2, 0) is 4.79 Å². The Balaban J connectivity index is 1.57. The molecule has 0 aliphatic carbocycles. The quantitative estimate of drug-likeness (QED) is 0.837. The fourth-order valence-electron chi connectivity index (χ4n) is 3.45. The van der Waals surface area contributed by atoms with Crippen LogP contribution >= 0.6 is 0 Å². The number of anilines is 1. The Labute approximate surface area is 146 Å². The molecule has 8 heteroatoms.